The van der Waals surface area contributed by atoms with E-state index in [1.54, 1.807) is 0 Å². The van der Waals surface area contributed by atoms with Gasteiger partial charge in [0.25, 0.3) is 0 Å². The Morgan fingerprint density at radius 2 is 1.88 bits per heavy atom. The fourth-order valence-corrected chi connectivity index (χ4v) is 2.35. The summed E-state index contributed by atoms with van der Waals surface area (Å²) >= 11 is 1.93. The van der Waals surface area contributed by atoms with Crippen molar-refractivity contribution in [2.24, 2.45) is 0 Å². The summed E-state index contributed by atoms with van der Waals surface area (Å²) in [6.07, 6.45) is 1.17. The number of rotatable bonds is 6. The van der Waals surface area contributed by atoms with E-state index in [4.69, 9.17) is 0 Å². The molecule has 0 unspecified atom stereocenters. The Hall–Kier alpha value is -0.470. The highest BCUT2D eigenvalue weighted by Gasteiger charge is 2.12. The van der Waals surface area contributed by atoms with Crippen LogP contribution in [0, 0.1) is 13.8 Å². The standard InChI is InChI=1S/C15H25NS/c1-6-15(4,5)16-9-10-17-14-8-7-12(2)13(3)11-14/h7-8,11,16H,6,9-10H2,1-5H3. The molecule has 1 aromatic carbocycles. The van der Waals surface area contributed by atoms with Crippen molar-refractivity contribution < 1.29 is 0 Å². The Morgan fingerprint density at radius 1 is 1.18 bits per heavy atom. The van der Waals surface area contributed by atoms with Crippen molar-refractivity contribution >= 4 is 11.8 Å². The zero-order chi connectivity index (χ0) is 12.9. The third-order valence-electron chi connectivity index (χ3n) is 3.34. The fraction of sp³-hybridized carbons (Fsp3) is 0.600. The van der Waals surface area contributed by atoms with E-state index in [1.165, 1.54) is 22.4 Å². The summed E-state index contributed by atoms with van der Waals surface area (Å²) in [6.45, 7) is 12.1. The highest BCUT2D eigenvalue weighted by atomic mass is 32.2. The van der Waals surface area contributed by atoms with Gasteiger partial charge in [0, 0.05) is 22.7 Å². The highest BCUT2D eigenvalue weighted by molar-refractivity contribution is 7.99. The Kier molecular flexibility index (Phi) is 5.54. The average molecular weight is 251 g/mol. The molecule has 0 fully saturated rings. The largest absolute Gasteiger partial charge is 0.311 e. The second-order valence-corrected chi connectivity index (χ2v) is 6.43. The Labute approximate surface area is 110 Å². The third kappa shape index (κ3) is 5.13. The minimum absolute atomic E-state index is 0.268. The summed E-state index contributed by atoms with van der Waals surface area (Å²) < 4.78 is 0. The molecule has 1 aromatic rings. The van der Waals surface area contributed by atoms with E-state index in [-0.39, 0.29) is 5.54 Å². The van der Waals surface area contributed by atoms with Crippen molar-refractivity contribution in [2.45, 2.75) is 51.5 Å². The number of nitrogens with one attached hydrogen (secondary N) is 1. The molecule has 1 rings (SSSR count). The van der Waals surface area contributed by atoms with E-state index in [2.05, 4.69) is 58.1 Å². The SMILES string of the molecule is CCC(C)(C)NCCSc1ccc(C)c(C)c1. The van der Waals surface area contributed by atoms with Gasteiger partial charge in [-0.05, 0) is 57.4 Å². The van der Waals surface area contributed by atoms with Crippen LogP contribution in [-0.2, 0) is 0 Å². The first kappa shape index (κ1) is 14.6. The van der Waals surface area contributed by atoms with Gasteiger partial charge in [-0.15, -0.1) is 11.8 Å². The van der Waals surface area contributed by atoms with Crippen LogP contribution >= 0.6 is 11.8 Å². The van der Waals surface area contributed by atoms with Crippen LogP contribution in [0.5, 0.6) is 0 Å². The number of benzene rings is 1. The molecule has 96 valence electrons. The Morgan fingerprint density at radius 3 is 2.47 bits per heavy atom. The molecule has 0 amide bonds. The molecule has 0 aromatic heterocycles. The molecular weight excluding hydrogens is 226 g/mol. The molecule has 0 spiro atoms. The van der Waals surface area contributed by atoms with Gasteiger partial charge in [-0.3, -0.25) is 0 Å². The molecule has 0 heterocycles. The van der Waals surface area contributed by atoms with Crippen LogP contribution in [0.15, 0.2) is 23.1 Å². The van der Waals surface area contributed by atoms with Crippen LogP contribution in [-0.4, -0.2) is 17.8 Å². The van der Waals surface area contributed by atoms with E-state index in [1.807, 2.05) is 11.8 Å². The van der Waals surface area contributed by atoms with Crippen LogP contribution < -0.4 is 5.32 Å². The zero-order valence-corrected chi connectivity index (χ0v) is 12.6. The highest BCUT2D eigenvalue weighted by Crippen LogP contribution is 2.20. The Bertz CT molecular complexity index is 358. The van der Waals surface area contributed by atoms with Crippen LogP contribution in [0.3, 0.4) is 0 Å². The van der Waals surface area contributed by atoms with Gasteiger partial charge in [0.1, 0.15) is 0 Å². The number of thioether (sulfide) groups is 1. The topological polar surface area (TPSA) is 12.0 Å². The van der Waals surface area contributed by atoms with Gasteiger partial charge in [0.2, 0.25) is 0 Å². The maximum atomic E-state index is 3.58. The van der Waals surface area contributed by atoms with Crippen LogP contribution in [0.25, 0.3) is 0 Å². The van der Waals surface area contributed by atoms with Gasteiger partial charge < -0.3 is 5.32 Å². The summed E-state index contributed by atoms with van der Waals surface area (Å²) in [7, 11) is 0. The molecule has 1 N–H and O–H groups in total. The quantitative estimate of drug-likeness (QED) is 0.601. The van der Waals surface area contributed by atoms with E-state index >= 15 is 0 Å². The summed E-state index contributed by atoms with van der Waals surface area (Å²) in [6, 6.07) is 6.71. The summed E-state index contributed by atoms with van der Waals surface area (Å²) in [4.78, 5) is 1.38. The second-order valence-electron chi connectivity index (χ2n) is 5.26. The molecule has 0 aliphatic carbocycles. The molecule has 0 bridgehead atoms. The van der Waals surface area contributed by atoms with Crippen molar-refractivity contribution in [1.29, 1.82) is 0 Å². The first-order valence-corrected chi connectivity index (χ1v) is 7.38. The summed E-state index contributed by atoms with van der Waals surface area (Å²) in [5.41, 5.74) is 3.03. The lowest BCUT2D eigenvalue weighted by Crippen LogP contribution is -2.39. The molecule has 0 radical (unpaired) electrons. The second kappa shape index (κ2) is 6.46. The van der Waals surface area contributed by atoms with Gasteiger partial charge in [-0.25, -0.2) is 0 Å². The molecule has 2 heteroatoms. The summed E-state index contributed by atoms with van der Waals surface area (Å²) in [5, 5.41) is 3.58. The minimum Gasteiger partial charge on any atom is -0.311 e. The first-order chi connectivity index (χ1) is 7.94. The normalized spacial score (nSPS) is 11.8. The lowest BCUT2D eigenvalue weighted by atomic mass is 10.0. The molecule has 0 saturated heterocycles. The maximum Gasteiger partial charge on any atom is 0.0122 e. The maximum absolute atomic E-state index is 3.58. The number of hydrogen-bond acceptors (Lipinski definition) is 2. The smallest absolute Gasteiger partial charge is 0.0122 e. The lowest BCUT2D eigenvalue weighted by Gasteiger charge is -2.24. The minimum atomic E-state index is 0.268. The number of aryl methyl sites for hydroxylation is 2. The first-order valence-electron chi connectivity index (χ1n) is 6.40. The predicted molar refractivity (Wildman–Crippen MR) is 79.0 cm³/mol. The van der Waals surface area contributed by atoms with E-state index in [0.29, 0.717) is 0 Å². The molecule has 0 aliphatic rings. The van der Waals surface area contributed by atoms with Crippen LogP contribution in [0.2, 0.25) is 0 Å². The van der Waals surface area contributed by atoms with Crippen molar-refractivity contribution in [2.75, 3.05) is 12.3 Å². The van der Waals surface area contributed by atoms with Crippen molar-refractivity contribution in [1.82, 2.24) is 5.32 Å². The summed E-state index contributed by atoms with van der Waals surface area (Å²) in [5.74, 6) is 1.13. The lowest BCUT2D eigenvalue weighted by molar-refractivity contribution is 0.388. The van der Waals surface area contributed by atoms with Gasteiger partial charge in [0.15, 0.2) is 0 Å². The molecular formula is C15H25NS. The van der Waals surface area contributed by atoms with Crippen LogP contribution in [0.4, 0.5) is 0 Å². The van der Waals surface area contributed by atoms with E-state index in [0.717, 1.165) is 12.3 Å². The van der Waals surface area contributed by atoms with Crippen LogP contribution in [0.1, 0.15) is 38.3 Å². The van der Waals surface area contributed by atoms with Gasteiger partial charge >= 0.3 is 0 Å². The Balaban J connectivity index is 2.34. The van der Waals surface area contributed by atoms with Gasteiger partial charge in [-0.1, -0.05) is 13.0 Å². The fourth-order valence-electron chi connectivity index (χ4n) is 1.49. The predicted octanol–water partition coefficient (Wildman–Crippen LogP) is 4.17. The molecule has 1 nitrogen and oxygen atoms in total. The van der Waals surface area contributed by atoms with Crippen molar-refractivity contribution in [3.8, 4) is 0 Å². The van der Waals surface area contributed by atoms with Crippen molar-refractivity contribution in [3.63, 3.8) is 0 Å². The molecule has 0 atom stereocenters. The van der Waals surface area contributed by atoms with E-state index < -0.39 is 0 Å². The van der Waals surface area contributed by atoms with Gasteiger partial charge in [-0.2, -0.15) is 0 Å². The zero-order valence-electron chi connectivity index (χ0n) is 11.8. The molecule has 0 aliphatic heterocycles. The third-order valence-corrected chi connectivity index (χ3v) is 4.33. The monoisotopic (exact) mass is 251 g/mol. The van der Waals surface area contributed by atoms with Crippen molar-refractivity contribution in [3.05, 3.63) is 29.3 Å². The van der Waals surface area contributed by atoms with Gasteiger partial charge in [0.05, 0.1) is 0 Å². The molecule has 0 saturated carbocycles. The number of hydrogen-bond donors (Lipinski definition) is 1. The average Bonchev–Trinajstić information content (AvgIpc) is 2.29. The van der Waals surface area contributed by atoms with E-state index in [9.17, 15) is 0 Å². The molecule has 17 heavy (non-hydrogen) atoms.